The number of para-hydroxylation sites is 3. The predicted molar refractivity (Wildman–Crippen MR) is 298 cm³/mol. The first-order chi connectivity index (χ1) is 34.7. The number of aromatic nitrogens is 3. The van der Waals surface area contributed by atoms with E-state index in [2.05, 4.69) is 214 Å². The van der Waals surface area contributed by atoms with E-state index < -0.39 is 0 Å². The van der Waals surface area contributed by atoms with Crippen molar-refractivity contribution in [3.63, 3.8) is 0 Å². The quantitative estimate of drug-likeness (QED) is 0.177. The highest BCUT2D eigenvalue weighted by Crippen LogP contribution is 2.50. The van der Waals surface area contributed by atoms with Crippen LogP contribution in [-0.4, -0.2) is 13.7 Å². The monoisotopic (exact) mass is 941 g/mol. The normalized spacial score (nSPS) is 12.3. The first-order valence-electron chi connectivity index (χ1n) is 23.2. The molecule has 5 nitrogen and oxygen atoms in total. The van der Waals surface area contributed by atoms with Gasteiger partial charge in [-0.15, -0.1) is 34.0 Å². The van der Waals surface area contributed by atoms with Crippen molar-refractivity contribution >= 4 is 160 Å². The second-order valence-electron chi connectivity index (χ2n) is 18.1. The van der Waals surface area contributed by atoms with Crippen molar-refractivity contribution in [2.24, 2.45) is 0 Å². The zero-order chi connectivity index (χ0) is 45.9. The lowest BCUT2D eigenvalue weighted by Crippen LogP contribution is -2.11. The number of benzene rings is 10. The Bertz CT molecular complexity index is 5110. The first kappa shape index (κ1) is 38.2. The standard InChI is InChI=1S/C62H31N5S3/c63-32-40-41(33-64)62(67-44-21-9-3-15-36(44)58-47(67)27-30-55-61(58)39-18-6-12-24-52(39)70-55)49(66-43-20-8-2-14-35(43)57-46(66)26-29-54-60(57)38-17-5-11-23-51(38)69-54)31-48(40)65-42-19-7-1-13-34(42)56-45(65)25-28-53-59(56)37-16-4-10-22-50(37)68-53/h1-31H. The fourth-order valence-corrected chi connectivity index (χ4v) is 15.4. The van der Waals surface area contributed by atoms with Crippen molar-refractivity contribution in [1.29, 1.82) is 10.5 Å². The molecule has 0 saturated carbocycles. The Morgan fingerprint density at radius 1 is 0.286 bits per heavy atom. The minimum Gasteiger partial charge on any atom is -0.308 e. The van der Waals surface area contributed by atoms with Crippen molar-refractivity contribution in [1.82, 2.24) is 13.7 Å². The first-order valence-corrected chi connectivity index (χ1v) is 25.7. The summed E-state index contributed by atoms with van der Waals surface area (Å²) >= 11 is 5.42. The fourth-order valence-electron chi connectivity index (χ4n) is 12.0. The minimum absolute atomic E-state index is 0.314. The largest absolute Gasteiger partial charge is 0.308 e. The number of nitriles is 2. The van der Waals surface area contributed by atoms with Crippen LogP contribution in [0.5, 0.6) is 0 Å². The Balaban J connectivity index is 1.14. The number of rotatable bonds is 3. The van der Waals surface area contributed by atoms with Crippen LogP contribution in [0.4, 0.5) is 0 Å². The highest BCUT2D eigenvalue weighted by atomic mass is 32.1. The van der Waals surface area contributed by atoms with Crippen LogP contribution in [0.15, 0.2) is 188 Å². The number of thiophene rings is 3. The molecule has 0 atom stereocenters. The smallest absolute Gasteiger partial charge is 0.103 e. The van der Waals surface area contributed by atoms with Gasteiger partial charge in [0.1, 0.15) is 12.1 Å². The predicted octanol–water partition coefficient (Wildman–Crippen LogP) is 17.8. The third-order valence-corrected chi connectivity index (χ3v) is 18.1. The summed E-state index contributed by atoms with van der Waals surface area (Å²) in [6, 6.07) is 72.7. The molecule has 0 aliphatic rings. The maximum absolute atomic E-state index is 12.0. The summed E-state index contributed by atoms with van der Waals surface area (Å²) in [5, 5.41) is 37.8. The summed E-state index contributed by atoms with van der Waals surface area (Å²) in [5.41, 5.74) is 8.69. The number of nitrogens with zero attached hydrogens (tertiary/aromatic N) is 5. The van der Waals surface area contributed by atoms with Crippen LogP contribution in [0.1, 0.15) is 11.1 Å². The third kappa shape index (κ3) is 4.82. The molecule has 0 aliphatic carbocycles. The van der Waals surface area contributed by atoms with Gasteiger partial charge in [-0.2, -0.15) is 10.5 Å². The zero-order valence-electron chi connectivity index (χ0n) is 36.9. The van der Waals surface area contributed by atoms with Gasteiger partial charge >= 0.3 is 0 Å². The molecule has 6 heterocycles. The van der Waals surface area contributed by atoms with E-state index in [9.17, 15) is 10.5 Å². The van der Waals surface area contributed by atoms with Gasteiger partial charge in [-0.3, -0.25) is 0 Å². The Morgan fingerprint density at radius 2 is 0.629 bits per heavy atom. The maximum Gasteiger partial charge on any atom is 0.103 e. The summed E-state index contributed by atoms with van der Waals surface area (Å²) in [4.78, 5) is 0. The van der Waals surface area contributed by atoms with E-state index in [1.165, 1.54) is 60.5 Å². The van der Waals surface area contributed by atoms with Crippen LogP contribution in [-0.2, 0) is 0 Å². The molecule has 16 rings (SSSR count). The maximum atomic E-state index is 12.0. The van der Waals surface area contributed by atoms with E-state index >= 15 is 0 Å². The Morgan fingerprint density at radius 3 is 1.04 bits per heavy atom. The van der Waals surface area contributed by atoms with Gasteiger partial charge < -0.3 is 13.7 Å². The topological polar surface area (TPSA) is 62.4 Å². The van der Waals surface area contributed by atoms with E-state index in [4.69, 9.17) is 0 Å². The molecule has 16 aromatic rings. The van der Waals surface area contributed by atoms with Crippen LogP contribution in [0.25, 0.3) is 143 Å². The van der Waals surface area contributed by atoms with E-state index in [1.54, 1.807) is 22.7 Å². The summed E-state index contributed by atoms with van der Waals surface area (Å²) in [5.74, 6) is 0. The molecule has 0 saturated heterocycles. The second-order valence-corrected chi connectivity index (χ2v) is 21.3. The molecule has 6 aromatic heterocycles. The van der Waals surface area contributed by atoms with Crippen LogP contribution in [0, 0.1) is 22.7 Å². The van der Waals surface area contributed by atoms with Crippen molar-refractivity contribution in [2.75, 3.05) is 0 Å². The van der Waals surface area contributed by atoms with Crippen molar-refractivity contribution in [3.05, 3.63) is 199 Å². The van der Waals surface area contributed by atoms with Crippen molar-refractivity contribution in [3.8, 4) is 29.2 Å². The van der Waals surface area contributed by atoms with Crippen molar-refractivity contribution < 1.29 is 0 Å². The van der Waals surface area contributed by atoms with Gasteiger partial charge in [0.2, 0.25) is 0 Å². The molecule has 8 heteroatoms. The molecule has 70 heavy (non-hydrogen) atoms. The second kappa shape index (κ2) is 13.9. The summed E-state index contributed by atoms with van der Waals surface area (Å²) in [6.07, 6.45) is 0. The highest BCUT2D eigenvalue weighted by Gasteiger charge is 2.30. The average Bonchev–Trinajstić information content (AvgIpc) is 4.26. The van der Waals surface area contributed by atoms with Crippen LogP contribution >= 0.6 is 34.0 Å². The van der Waals surface area contributed by atoms with E-state index in [-0.39, 0.29) is 0 Å². The van der Waals surface area contributed by atoms with Gasteiger partial charge in [-0.05, 0) is 78.9 Å². The zero-order valence-corrected chi connectivity index (χ0v) is 39.3. The lowest BCUT2D eigenvalue weighted by molar-refractivity contribution is 1.06. The molecule has 0 unspecified atom stereocenters. The van der Waals surface area contributed by atoms with Gasteiger partial charge in [0.15, 0.2) is 0 Å². The van der Waals surface area contributed by atoms with Crippen molar-refractivity contribution in [2.45, 2.75) is 0 Å². The number of hydrogen-bond acceptors (Lipinski definition) is 5. The van der Waals surface area contributed by atoms with Crippen LogP contribution in [0.3, 0.4) is 0 Å². The Hall–Kier alpha value is -8.76. The van der Waals surface area contributed by atoms with E-state index in [1.807, 2.05) is 11.3 Å². The van der Waals surface area contributed by atoms with Gasteiger partial charge in [0, 0.05) is 92.8 Å². The van der Waals surface area contributed by atoms with Crippen LogP contribution in [0.2, 0.25) is 0 Å². The molecular formula is C62H31N5S3. The Labute approximate surface area is 409 Å². The summed E-state index contributed by atoms with van der Waals surface area (Å²) < 4.78 is 14.2. The van der Waals surface area contributed by atoms with Gasteiger partial charge in [0.25, 0.3) is 0 Å². The van der Waals surface area contributed by atoms with Crippen LogP contribution < -0.4 is 0 Å². The van der Waals surface area contributed by atoms with Gasteiger partial charge in [0.05, 0.1) is 61.3 Å². The fraction of sp³-hybridized carbons (Fsp3) is 0. The number of fused-ring (bicyclic) bond motifs is 21. The van der Waals surface area contributed by atoms with E-state index in [0.29, 0.717) is 22.5 Å². The van der Waals surface area contributed by atoms with Gasteiger partial charge in [-0.1, -0.05) is 109 Å². The van der Waals surface area contributed by atoms with Gasteiger partial charge in [-0.25, -0.2) is 0 Å². The SMILES string of the molecule is N#Cc1c(-n2c3ccccc3c3c4c(ccc32)sc2ccccc24)cc(-n2c3ccccc3c3c4c(ccc32)sc2ccccc24)c(-n2c3ccccc3c3c4c(ccc32)sc2ccccc24)c1C#N. The Kier molecular flexibility index (Phi) is 7.60. The third-order valence-electron chi connectivity index (χ3n) is 14.7. The average molecular weight is 942 g/mol. The molecule has 0 radical (unpaired) electrons. The molecule has 0 spiro atoms. The summed E-state index contributed by atoms with van der Waals surface area (Å²) in [6.45, 7) is 0. The molecule has 0 amide bonds. The molecular weight excluding hydrogens is 911 g/mol. The minimum atomic E-state index is 0.314. The lowest BCUT2D eigenvalue weighted by atomic mass is 10.0. The molecule has 0 aliphatic heterocycles. The molecule has 10 aromatic carbocycles. The number of hydrogen-bond donors (Lipinski definition) is 0. The highest BCUT2D eigenvalue weighted by molar-refractivity contribution is 7.26. The molecule has 0 fully saturated rings. The molecule has 0 bridgehead atoms. The van der Waals surface area contributed by atoms with E-state index in [0.717, 1.165) is 71.1 Å². The molecule has 0 N–H and O–H groups in total. The lowest BCUT2D eigenvalue weighted by Gasteiger charge is -2.22. The molecule has 322 valence electrons. The summed E-state index contributed by atoms with van der Waals surface area (Å²) in [7, 11) is 0.